The van der Waals surface area contributed by atoms with E-state index >= 15 is 0 Å². The third-order valence-electron chi connectivity index (χ3n) is 2.08. The van der Waals surface area contributed by atoms with Gasteiger partial charge in [-0.2, -0.15) is 0 Å². The Balaban J connectivity index is 2.24. The van der Waals surface area contributed by atoms with Crippen LogP contribution in [0.2, 0.25) is 0 Å². The average Bonchev–Trinajstić information content (AvgIpc) is 2.37. The molecule has 0 aromatic rings. The van der Waals surface area contributed by atoms with Crippen molar-refractivity contribution in [3.63, 3.8) is 0 Å². The maximum absolute atomic E-state index is 4.29. The summed E-state index contributed by atoms with van der Waals surface area (Å²) in [5.41, 5.74) is 0. The van der Waals surface area contributed by atoms with Gasteiger partial charge >= 0.3 is 0 Å². The van der Waals surface area contributed by atoms with Gasteiger partial charge in [0.25, 0.3) is 0 Å². The topological polar surface area (TPSA) is 17.3 Å². The number of rotatable bonds is 2. The third kappa shape index (κ3) is 1.66. The van der Waals surface area contributed by atoms with Gasteiger partial charge in [-0.15, -0.1) is 0 Å². The Bertz CT molecular complexity index is 77.0. The quantitative estimate of drug-likeness (QED) is 0.522. The molecule has 1 fully saturated rings. The molecule has 53 valence electrons. The molecule has 2 nitrogen and oxygen atoms in total. The van der Waals surface area contributed by atoms with Crippen LogP contribution in [0.15, 0.2) is 0 Å². The second kappa shape index (κ2) is 3.18. The summed E-state index contributed by atoms with van der Waals surface area (Å²) in [6, 6.07) is 0.745. The molecule has 1 radical (unpaired) electrons. The standard InChI is InChI=1S/C7H15N2/c1-3-9(2)7-4-5-8-6-7/h7H,3-6H2,1-2H3/t7-/m0/s1. The van der Waals surface area contributed by atoms with Crippen LogP contribution in [0.4, 0.5) is 0 Å². The second-order valence-electron chi connectivity index (χ2n) is 2.65. The SMILES string of the molecule is CCN(C)[C@H]1CC[N]C1. The van der Waals surface area contributed by atoms with Gasteiger partial charge in [-0.05, 0) is 20.0 Å². The summed E-state index contributed by atoms with van der Waals surface area (Å²) in [4.78, 5) is 2.37. The first-order chi connectivity index (χ1) is 4.34. The van der Waals surface area contributed by atoms with Crippen LogP contribution in [-0.4, -0.2) is 37.6 Å². The highest BCUT2D eigenvalue weighted by Gasteiger charge is 2.17. The zero-order valence-electron chi connectivity index (χ0n) is 6.30. The van der Waals surface area contributed by atoms with E-state index in [1.54, 1.807) is 0 Å². The molecule has 0 aromatic heterocycles. The fourth-order valence-electron chi connectivity index (χ4n) is 1.19. The van der Waals surface area contributed by atoms with Crippen LogP contribution in [0, 0.1) is 0 Å². The molecule has 1 aliphatic heterocycles. The summed E-state index contributed by atoms with van der Waals surface area (Å²) in [7, 11) is 2.17. The van der Waals surface area contributed by atoms with E-state index in [0.717, 1.165) is 25.7 Å². The van der Waals surface area contributed by atoms with Gasteiger partial charge in [0.05, 0.1) is 0 Å². The van der Waals surface area contributed by atoms with Crippen molar-refractivity contribution >= 4 is 0 Å². The molecule has 1 atom stereocenters. The van der Waals surface area contributed by atoms with Gasteiger partial charge in [-0.1, -0.05) is 6.92 Å². The van der Waals surface area contributed by atoms with Crippen LogP contribution < -0.4 is 5.32 Å². The lowest BCUT2D eigenvalue weighted by atomic mass is 10.2. The van der Waals surface area contributed by atoms with Crippen molar-refractivity contribution in [2.45, 2.75) is 19.4 Å². The van der Waals surface area contributed by atoms with Gasteiger partial charge < -0.3 is 4.90 Å². The summed E-state index contributed by atoms with van der Waals surface area (Å²) in [5.74, 6) is 0. The van der Waals surface area contributed by atoms with Gasteiger partial charge in [0.15, 0.2) is 0 Å². The smallest absolute Gasteiger partial charge is 0.0290 e. The first-order valence-corrected chi connectivity index (χ1v) is 3.68. The number of hydrogen-bond donors (Lipinski definition) is 0. The molecule has 1 aliphatic rings. The molecule has 0 aliphatic carbocycles. The van der Waals surface area contributed by atoms with E-state index in [4.69, 9.17) is 0 Å². The Hall–Kier alpha value is -0.0800. The van der Waals surface area contributed by atoms with Crippen molar-refractivity contribution in [2.75, 3.05) is 26.7 Å². The van der Waals surface area contributed by atoms with E-state index in [0.29, 0.717) is 0 Å². The molecule has 9 heavy (non-hydrogen) atoms. The number of nitrogens with zero attached hydrogens (tertiary/aromatic N) is 2. The van der Waals surface area contributed by atoms with E-state index in [1.165, 1.54) is 6.42 Å². The Labute approximate surface area is 57.2 Å². The van der Waals surface area contributed by atoms with Gasteiger partial charge in [0, 0.05) is 19.1 Å². The molecule has 1 heterocycles. The third-order valence-corrected chi connectivity index (χ3v) is 2.08. The van der Waals surface area contributed by atoms with Crippen molar-refractivity contribution in [1.29, 1.82) is 0 Å². The van der Waals surface area contributed by atoms with Gasteiger partial charge in [-0.3, -0.25) is 0 Å². The molecule has 0 spiro atoms. The minimum absolute atomic E-state index is 0.745. The van der Waals surface area contributed by atoms with E-state index in [-0.39, 0.29) is 0 Å². The normalized spacial score (nSPS) is 27.7. The predicted octanol–water partition coefficient (Wildman–Crippen LogP) is 0.315. The van der Waals surface area contributed by atoms with Gasteiger partial charge in [0.2, 0.25) is 0 Å². The summed E-state index contributed by atoms with van der Waals surface area (Å²) >= 11 is 0. The maximum Gasteiger partial charge on any atom is 0.0290 e. The van der Waals surface area contributed by atoms with Crippen molar-refractivity contribution < 1.29 is 0 Å². The van der Waals surface area contributed by atoms with Gasteiger partial charge in [-0.25, -0.2) is 5.32 Å². The molecular weight excluding hydrogens is 112 g/mol. The summed E-state index contributed by atoms with van der Waals surface area (Å²) < 4.78 is 0. The lowest BCUT2D eigenvalue weighted by molar-refractivity contribution is 0.270. The lowest BCUT2D eigenvalue weighted by Crippen LogP contribution is -2.32. The van der Waals surface area contributed by atoms with E-state index < -0.39 is 0 Å². The molecule has 0 bridgehead atoms. The first kappa shape index (κ1) is 7.03. The zero-order chi connectivity index (χ0) is 6.69. The van der Waals surface area contributed by atoms with Crippen LogP contribution in [0.1, 0.15) is 13.3 Å². The summed E-state index contributed by atoms with van der Waals surface area (Å²) in [6.07, 6.45) is 1.27. The highest BCUT2D eigenvalue weighted by Crippen LogP contribution is 2.05. The number of hydrogen-bond acceptors (Lipinski definition) is 1. The molecule has 1 saturated heterocycles. The maximum atomic E-state index is 4.29. The first-order valence-electron chi connectivity index (χ1n) is 3.68. The van der Waals surface area contributed by atoms with Crippen molar-refractivity contribution in [3.8, 4) is 0 Å². The molecule has 0 amide bonds. The molecule has 1 rings (SSSR count). The molecule has 0 N–H and O–H groups in total. The fourth-order valence-corrected chi connectivity index (χ4v) is 1.19. The van der Waals surface area contributed by atoms with E-state index in [2.05, 4.69) is 24.2 Å². The highest BCUT2D eigenvalue weighted by molar-refractivity contribution is 4.77. The Kier molecular flexibility index (Phi) is 2.49. The van der Waals surface area contributed by atoms with Crippen molar-refractivity contribution in [3.05, 3.63) is 0 Å². The Morgan fingerprint density at radius 1 is 1.67 bits per heavy atom. The average molecular weight is 127 g/mol. The zero-order valence-corrected chi connectivity index (χ0v) is 6.30. The summed E-state index contributed by atoms with van der Waals surface area (Å²) in [6.45, 7) is 5.48. The van der Waals surface area contributed by atoms with Crippen LogP contribution in [0.3, 0.4) is 0 Å². The molecule has 0 unspecified atom stereocenters. The Morgan fingerprint density at radius 3 is 2.89 bits per heavy atom. The van der Waals surface area contributed by atoms with Crippen molar-refractivity contribution in [2.24, 2.45) is 0 Å². The minimum atomic E-state index is 0.745. The van der Waals surface area contributed by atoms with Crippen molar-refractivity contribution in [1.82, 2.24) is 10.2 Å². The molecule has 0 aromatic carbocycles. The minimum Gasteiger partial charge on any atom is -0.302 e. The molecule has 2 heteroatoms. The second-order valence-corrected chi connectivity index (χ2v) is 2.65. The largest absolute Gasteiger partial charge is 0.302 e. The van der Waals surface area contributed by atoms with Crippen LogP contribution in [0.5, 0.6) is 0 Å². The van der Waals surface area contributed by atoms with Crippen LogP contribution in [-0.2, 0) is 0 Å². The number of likely N-dealkylation sites (N-methyl/N-ethyl adjacent to an activating group) is 1. The molecule has 0 saturated carbocycles. The van der Waals surface area contributed by atoms with Crippen LogP contribution in [0.25, 0.3) is 0 Å². The fraction of sp³-hybridized carbons (Fsp3) is 1.00. The monoisotopic (exact) mass is 127 g/mol. The highest BCUT2D eigenvalue weighted by atomic mass is 15.2. The molecular formula is C7H15N2. The predicted molar refractivity (Wildman–Crippen MR) is 38.6 cm³/mol. The van der Waals surface area contributed by atoms with E-state index in [9.17, 15) is 0 Å². The Morgan fingerprint density at radius 2 is 2.44 bits per heavy atom. The summed E-state index contributed by atoms with van der Waals surface area (Å²) in [5, 5.41) is 4.29. The lowest BCUT2D eigenvalue weighted by Gasteiger charge is -2.20. The van der Waals surface area contributed by atoms with Crippen LogP contribution >= 0.6 is 0 Å². The van der Waals surface area contributed by atoms with Gasteiger partial charge in [0.1, 0.15) is 0 Å². The van der Waals surface area contributed by atoms with E-state index in [1.807, 2.05) is 0 Å².